The zero-order valence-electron chi connectivity index (χ0n) is 19.4. The molecule has 2 aromatic carbocycles. The molecule has 1 saturated heterocycles. The standard InChI is InChI=1S/C25H28N4O6/c30-23(9-4-8-19-6-2-1-3-7-19)26-14-16-27(17-15-26)24(31)10-5-13-28-21-12-11-20(29(33)34)18-22(21)35-25(28)32/h1-3,6-7,11-12,18H,4-5,8-10,13-17H2. The lowest BCUT2D eigenvalue weighted by atomic mass is 10.1. The summed E-state index contributed by atoms with van der Waals surface area (Å²) in [4.78, 5) is 51.2. The number of piperazine rings is 1. The number of nitrogens with zero attached hydrogens (tertiary/aromatic N) is 4. The molecule has 3 aromatic rings. The van der Waals surface area contributed by atoms with Crippen molar-refractivity contribution in [2.45, 2.75) is 38.6 Å². The van der Waals surface area contributed by atoms with E-state index in [9.17, 15) is 24.5 Å². The maximum atomic E-state index is 12.6. The third-order valence-corrected chi connectivity index (χ3v) is 6.32. The van der Waals surface area contributed by atoms with E-state index in [1.54, 1.807) is 4.90 Å². The molecule has 0 bridgehead atoms. The van der Waals surface area contributed by atoms with Crippen molar-refractivity contribution in [3.8, 4) is 0 Å². The Morgan fingerprint density at radius 2 is 1.54 bits per heavy atom. The molecule has 1 aromatic heterocycles. The van der Waals surface area contributed by atoms with Gasteiger partial charge < -0.3 is 14.2 Å². The lowest BCUT2D eigenvalue weighted by molar-refractivity contribution is -0.384. The van der Waals surface area contributed by atoms with Crippen LogP contribution in [0.15, 0.2) is 57.7 Å². The highest BCUT2D eigenvalue weighted by Crippen LogP contribution is 2.20. The number of carbonyl (C=O) groups is 2. The fourth-order valence-electron chi connectivity index (χ4n) is 4.38. The summed E-state index contributed by atoms with van der Waals surface area (Å²) in [6, 6.07) is 14.1. The minimum atomic E-state index is -0.604. The van der Waals surface area contributed by atoms with Gasteiger partial charge in [-0.3, -0.25) is 24.3 Å². The number of amides is 2. The molecule has 1 fully saturated rings. The summed E-state index contributed by atoms with van der Waals surface area (Å²) in [6.07, 6.45) is 2.87. The first-order chi connectivity index (χ1) is 16.9. The molecule has 1 aliphatic rings. The number of carbonyl (C=O) groups excluding carboxylic acids is 2. The van der Waals surface area contributed by atoms with Crippen molar-refractivity contribution in [2.75, 3.05) is 26.2 Å². The molecule has 10 heteroatoms. The van der Waals surface area contributed by atoms with Gasteiger partial charge >= 0.3 is 5.76 Å². The van der Waals surface area contributed by atoms with Crippen LogP contribution in [0.2, 0.25) is 0 Å². The van der Waals surface area contributed by atoms with Gasteiger partial charge in [-0.1, -0.05) is 30.3 Å². The predicted octanol–water partition coefficient (Wildman–Crippen LogP) is 2.98. The van der Waals surface area contributed by atoms with Crippen LogP contribution in [0, 0.1) is 10.1 Å². The van der Waals surface area contributed by atoms with Gasteiger partial charge in [0, 0.05) is 51.6 Å². The third kappa shape index (κ3) is 5.95. The second-order valence-corrected chi connectivity index (χ2v) is 8.63. The van der Waals surface area contributed by atoms with Crippen molar-refractivity contribution in [2.24, 2.45) is 0 Å². The van der Waals surface area contributed by atoms with Gasteiger partial charge in [-0.2, -0.15) is 0 Å². The fraction of sp³-hybridized carbons (Fsp3) is 0.400. The van der Waals surface area contributed by atoms with Gasteiger partial charge in [-0.05, 0) is 30.9 Å². The summed E-state index contributed by atoms with van der Waals surface area (Å²) in [5.41, 5.74) is 1.69. The highest BCUT2D eigenvalue weighted by atomic mass is 16.6. The van der Waals surface area contributed by atoms with E-state index in [1.807, 2.05) is 23.1 Å². The van der Waals surface area contributed by atoms with E-state index in [0.717, 1.165) is 12.8 Å². The van der Waals surface area contributed by atoms with Crippen LogP contribution in [0.5, 0.6) is 0 Å². The van der Waals surface area contributed by atoms with Crippen LogP contribution in [-0.4, -0.2) is 57.3 Å². The first kappa shape index (κ1) is 24.2. The number of nitro benzene ring substituents is 1. The number of hydrogen-bond donors (Lipinski definition) is 0. The van der Waals surface area contributed by atoms with E-state index < -0.39 is 10.7 Å². The molecule has 1 aliphatic heterocycles. The second kappa shape index (κ2) is 11.0. The topological polar surface area (TPSA) is 119 Å². The zero-order chi connectivity index (χ0) is 24.8. The van der Waals surface area contributed by atoms with Gasteiger partial charge in [0.05, 0.1) is 16.5 Å². The first-order valence-corrected chi connectivity index (χ1v) is 11.8. The lowest BCUT2D eigenvalue weighted by Gasteiger charge is -2.35. The molecular formula is C25H28N4O6. The molecule has 2 amide bonds. The summed E-state index contributed by atoms with van der Waals surface area (Å²) < 4.78 is 6.51. The molecule has 0 spiro atoms. The highest BCUT2D eigenvalue weighted by Gasteiger charge is 2.24. The maximum Gasteiger partial charge on any atom is 0.419 e. The first-order valence-electron chi connectivity index (χ1n) is 11.8. The zero-order valence-corrected chi connectivity index (χ0v) is 19.4. The van der Waals surface area contributed by atoms with Crippen molar-refractivity contribution < 1.29 is 18.9 Å². The highest BCUT2D eigenvalue weighted by molar-refractivity contribution is 5.78. The van der Waals surface area contributed by atoms with Crippen LogP contribution in [0.3, 0.4) is 0 Å². The molecule has 184 valence electrons. The molecule has 0 saturated carbocycles. The Balaban J connectivity index is 1.20. The predicted molar refractivity (Wildman–Crippen MR) is 129 cm³/mol. The average molecular weight is 481 g/mol. The molecule has 0 aliphatic carbocycles. The minimum absolute atomic E-state index is 0.0161. The van der Waals surface area contributed by atoms with E-state index in [4.69, 9.17) is 4.42 Å². The quantitative estimate of drug-likeness (QED) is 0.343. The van der Waals surface area contributed by atoms with Crippen molar-refractivity contribution >= 4 is 28.6 Å². The molecule has 0 unspecified atom stereocenters. The molecule has 10 nitrogen and oxygen atoms in total. The van der Waals surface area contributed by atoms with Gasteiger partial charge in [0.2, 0.25) is 11.8 Å². The van der Waals surface area contributed by atoms with Crippen LogP contribution in [0.1, 0.15) is 31.2 Å². The number of hydrogen-bond acceptors (Lipinski definition) is 6. The van der Waals surface area contributed by atoms with Gasteiger partial charge in [-0.25, -0.2) is 4.79 Å². The smallest absolute Gasteiger partial charge is 0.407 e. The summed E-state index contributed by atoms with van der Waals surface area (Å²) in [5, 5.41) is 10.9. The van der Waals surface area contributed by atoms with Crippen molar-refractivity contribution in [1.29, 1.82) is 0 Å². The Morgan fingerprint density at radius 1 is 0.914 bits per heavy atom. The van der Waals surface area contributed by atoms with Crippen LogP contribution < -0.4 is 5.76 Å². The normalized spacial score (nSPS) is 13.8. The summed E-state index contributed by atoms with van der Waals surface area (Å²) in [6.45, 7) is 2.33. The lowest BCUT2D eigenvalue weighted by Crippen LogP contribution is -2.50. The summed E-state index contributed by atoms with van der Waals surface area (Å²) in [7, 11) is 0. The van der Waals surface area contributed by atoms with Crippen molar-refractivity contribution in [3.05, 3.63) is 74.8 Å². The Morgan fingerprint density at radius 3 is 2.17 bits per heavy atom. The number of non-ortho nitro benzene ring substituents is 1. The van der Waals surface area contributed by atoms with Crippen molar-refractivity contribution in [1.82, 2.24) is 14.4 Å². The Bertz CT molecular complexity index is 1260. The Kier molecular flexibility index (Phi) is 7.59. The van der Waals surface area contributed by atoms with E-state index >= 15 is 0 Å². The molecule has 4 rings (SSSR count). The van der Waals surface area contributed by atoms with E-state index in [1.165, 1.54) is 28.3 Å². The number of aryl methyl sites for hydroxylation is 2. The number of oxazole rings is 1. The number of aromatic nitrogens is 1. The second-order valence-electron chi connectivity index (χ2n) is 8.63. The Labute approximate surface area is 201 Å². The van der Waals surface area contributed by atoms with E-state index in [2.05, 4.69) is 12.1 Å². The number of nitro groups is 1. The Hall–Kier alpha value is -3.95. The molecule has 0 N–H and O–H groups in total. The molecule has 0 radical (unpaired) electrons. The van der Waals surface area contributed by atoms with E-state index in [-0.39, 0.29) is 36.1 Å². The molecule has 0 atom stereocenters. The number of rotatable bonds is 9. The van der Waals surface area contributed by atoms with Gasteiger partial charge in [0.25, 0.3) is 5.69 Å². The summed E-state index contributed by atoms with van der Waals surface area (Å²) >= 11 is 0. The van der Waals surface area contributed by atoms with Crippen LogP contribution >= 0.6 is 0 Å². The van der Waals surface area contributed by atoms with E-state index in [0.29, 0.717) is 44.5 Å². The van der Waals surface area contributed by atoms with Crippen LogP contribution in [-0.2, 0) is 22.6 Å². The van der Waals surface area contributed by atoms with Gasteiger partial charge in [-0.15, -0.1) is 0 Å². The number of fused-ring (bicyclic) bond motifs is 1. The van der Waals surface area contributed by atoms with Gasteiger partial charge in [0.1, 0.15) is 0 Å². The average Bonchev–Trinajstić information content (AvgIpc) is 3.18. The molecule has 35 heavy (non-hydrogen) atoms. The van der Waals surface area contributed by atoms with Gasteiger partial charge in [0.15, 0.2) is 5.58 Å². The molecule has 2 heterocycles. The SMILES string of the molecule is O=C(CCCc1ccccc1)N1CCN(C(=O)CCCn2c(=O)oc3cc([N+](=O)[O-])ccc32)CC1. The summed E-state index contributed by atoms with van der Waals surface area (Å²) in [5.74, 6) is -0.496. The molecular weight excluding hydrogens is 452 g/mol. The number of benzene rings is 2. The van der Waals surface area contributed by atoms with Crippen molar-refractivity contribution in [3.63, 3.8) is 0 Å². The maximum absolute atomic E-state index is 12.6. The monoisotopic (exact) mass is 480 g/mol. The fourth-order valence-corrected chi connectivity index (χ4v) is 4.38. The van der Waals surface area contributed by atoms with Crippen LogP contribution in [0.25, 0.3) is 11.1 Å². The minimum Gasteiger partial charge on any atom is -0.407 e. The van der Waals surface area contributed by atoms with Crippen LogP contribution in [0.4, 0.5) is 5.69 Å². The third-order valence-electron chi connectivity index (χ3n) is 6.32. The largest absolute Gasteiger partial charge is 0.419 e.